The van der Waals surface area contributed by atoms with Crippen LogP contribution in [0.4, 0.5) is 79.6 Å². The summed E-state index contributed by atoms with van der Waals surface area (Å²) in [5, 5.41) is 0. The van der Waals surface area contributed by atoms with Gasteiger partial charge in [0.1, 0.15) is 0 Å². The average Bonchev–Trinajstić information content (AvgIpc) is 1.57. The van der Waals surface area contributed by atoms with E-state index in [1.54, 1.807) is 0 Å². The monoisotopic (exact) mass is 1820 g/mol. The third kappa shape index (κ3) is 19.6. The Kier molecular flexibility index (Phi) is 28.5. The number of anilines is 14. The highest BCUT2D eigenvalue weighted by molar-refractivity contribution is 5.92. The van der Waals surface area contributed by atoms with Crippen LogP contribution in [0.3, 0.4) is 0 Å². The molecule has 0 spiro atoms. The Bertz CT molecular complexity index is 6960. The van der Waals surface area contributed by atoms with Gasteiger partial charge in [0.05, 0.1) is 0 Å². The van der Waals surface area contributed by atoms with Crippen LogP contribution in [0.15, 0.2) is 406 Å². The first-order valence-electron chi connectivity index (χ1n) is 52.1. The third-order valence-corrected chi connectivity index (χ3v) is 30.6. The molecule has 0 saturated heterocycles. The molecular weight excluding hydrogens is 1680 g/mol. The summed E-state index contributed by atoms with van der Waals surface area (Å²) in [6.45, 7) is 11.5. The summed E-state index contributed by atoms with van der Waals surface area (Å²) in [6.07, 6.45) is 29.0. The van der Waals surface area contributed by atoms with Crippen LogP contribution in [0.1, 0.15) is 210 Å². The van der Waals surface area contributed by atoms with Crippen LogP contribution in [0.25, 0.3) is 66.8 Å². The number of nitrogens with zero attached hydrogens (tertiary/aromatic N) is 5. The number of para-hydroxylation sites is 5. The Morgan fingerprint density at radius 3 is 0.719 bits per heavy atom. The zero-order chi connectivity index (χ0) is 94.4. The van der Waals surface area contributed by atoms with Crippen LogP contribution in [-0.4, -0.2) is 7.05 Å². The smallest absolute Gasteiger partial charge is 0.0467 e. The molecule has 0 heterocycles. The lowest BCUT2D eigenvalue weighted by atomic mass is 9.70. The SMILES string of the molecule is CCCCCCC1(CCCCCC)c2cc(N(C)c3cccc(-c4ccc5c(c4)CC5)c3)ccc2-c2ccc(N(c3ccccc3)c3ccc(-c4ccc(N(c5ccccc5)c5ccc6c(c5)C(CCCCCC)(CCCCCC)c5cc(N(c7ccccc7)c7ccccc7)ccc5-6)cc4)cc3)cc21.Cc1ccc(-c2ccc(N(c3ccccc3)c3cccc(-c4ccc5c(c4)CC5)c3)cc2)cc1.[HH].[HH].[HH]. The number of fused-ring (bicyclic) bond motifs is 8. The van der Waals surface area contributed by atoms with Gasteiger partial charge in [-0.05, 0) is 339 Å². The highest BCUT2D eigenvalue weighted by atomic mass is 15.2. The van der Waals surface area contributed by atoms with Gasteiger partial charge < -0.3 is 24.5 Å². The van der Waals surface area contributed by atoms with Crippen LogP contribution in [0.2, 0.25) is 0 Å². The van der Waals surface area contributed by atoms with E-state index in [4.69, 9.17) is 0 Å². The highest BCUT2D eigenvalue weighted by Gasteiger charge is 2.46. The number of benzene rings is 17. The van der Waals surface area contributed by atoms with E-state index < -0.39 is 0 Å². The number of aryl methyl sites for hydroxylation is 5. The van der Waals surface area contributed by atoms with Crippen LogP contribution in [0.5, 0.6) is 0 Å². The van der Waals surface area contributed by atoms with Crippen LogP contribution in [0, 0.1) is 6.92 Å². The molecule has 139 heavy (non-hydrogen) atoms. The van der Waals surface area contributed by atoms with Gasteiger partial charge in [0.15, 0.2) is 0 Å². The van der Waals surface area contributed by atoms with E-state index in [9.17, 15) is 0 Å². The first-order valence-corrected chi connectivity index (χ1v) is 52.1. The van der Waals surface area contributed by atoms with E-state index in [0.29, 0.717) is 0 Å². The average molecular weight is 1820 g/mol. The van der Waals surface area contributed by atoms with Gasteiger partial charge in [0, 0.05) is 102 Å². The fraction of sp³-hybridized carbons (Fsp3) is 0.239. The molecule has 700 valence electrons. The second-order valence-corrected chi connectivity index (χ2v) is 39.5. The van der Waals surface area contributed by atoms with Crippen molar-refractivity contribution < 1.29 is 4.28 Å². The summed E-state index contributed by atoms with van der Waals surface area (Å²) >= 11 is 0. The maximum absolute atomic E-state index is 2.61. The molecule has 0 N–H and O–H groups in total. The molecule has 0 atom stereocenters. The predicted octanol–water partition coefficient (Wildman–Crippen LogP) is 39.3. The van der Waals surface area contributed by atoms with Crippen molar-refractivity contribution in [2.75, 3.05) is 31.5 Å². The van der Waals surface area contributed by atoms with Gasteiger partial charge >= 0.3 is 0 Å². The first kappa shape index (κ1) is 92.4. The molecule has 5 heteroatoms. The van der Waals surface area contributed by atoms with Crippen molar-refractivity contribution in [1.29, 1.82) is 0 Å². The molecule has 0 saturated carbocycles. The molecule has 0 aromatic heterocycles. The maximum Gasteiger partial charge on any atom is 0.0467 e. The van der Waals surface area contributed by atoms with Crippen molar-refractivity contribution in [2.45, 2.75) is 200 Å². The van der Waals surface area contributed by atoms with E-state index in [0.717, 1.165) is 65.5 Å². The van der Waals surface area contributed by atoms with Crippen molar-refractivity contribution in [2.24, 2.45) is 0 Å². The molecule has 0 unspecified atom stereocenters. The van der Waals surface area contributed by atoms with E-state index in [-0.39, 0.29) is 15.1 Å². The third-order valence-electron chi connectivity index (χ3n) is 30.6. The minimum Gasteiger partial charge on any atom is -0.345 e. The van der Waals surface area contributed by atoms with Crippen LogP contribution in [-0.2, 0) is 36.5 Å². The Hall–Kier alpha value is -14.3. The lowest BCUT2D eigenvalue weighted by Crippen LogP contribution is -2.26. The van der Waals surface area contributed by atoms with E-state index in [2.05, 4.69) is 473 Å². The van der Waals surface area contributed by atoms with Crippen molar-refractivity contribution in [1.82, 2.24) is 0 Å². The highest BCUT2D eigenvalue weighted by Crippen LogP contribution is 2.60. The first-order chi connectivity index (χ1) is 68.5. The molecule has 17 aromatic rings. The van der Waals surface area contributed by atoms with Gasteiger partial charge in [0.25, 0.3) is 0 Å². The molecule has 5 nitrogen and oxygen atoms in total. The normalized spacial score (nSPS) is 13.0. The van der Waals surface area contributed by atoms with Crippen molar-refractivity contribution in [3.05, 3.63) is 457 Å². The Morgan fingerprint density at radius 2 is 0.424 bits per heavy atom. The Labute approximate surface area is 832 Å². The van der Waals surface area contributed by atoms with Crippen molar-refractivity contribution in [3.63, 3.8) is 0 Å². The minimum absolute atomic E-state index is 0. The summed E-state index contributed by atoms with van der Waals surface area (Å²) in [4.78, 5) is 12.2. The number of unbranched alkanes of at least 4 members (excludes halogenated alkanes) is 12. The van der Waals surface area contributed by atoms with E-state index in [1.165, 1.54) is 285 Å². The second kappa shape index (κ2) is 42.8. The zero-order valence-corrected chi connectivity index (χ0v) is 82.4. The molecule has 4 aliphatic carbocycles. The summed E-state index contributed by atoms with van der Waals surface area (Å²) < 4.78 is 0. The summed E-state index contributed by atoms with van der Waals surface area (Å²) in [6, 6.07) is 153. The molecule has 0 aliphatic heterocycles. The lowest BCUT2D eigenvalue weighted by molar-refractivity contribution is 0.401. The molecule has 21 rings (SSSR count). The largest absolute Gasteiger partial charge is 0.345 e. The number of hydrogen-bond acceptors (Lipinski definition) is 5. The van der Waals surface area contributed by atoms with Gasteiger partial charge in [-0.15, -0.1) is 0 Å². The second-order valence-electron chi connectivity index (χ2n) is 39.5. The molecule has 0 fully saturated rings. The zero-order valence-electron chi connectivity index (χ0n) is 82.4. The molecular formula is C134H139N5. The van der Waals surface area contributed by atoms with Crippen molar-refractivity contribution in [3.8, 4) is 66.8 Å². The lowest BCUT2D eigenvalue weighted by Gasteiger charge is -2.35. The summed E-state index contributed by atoms with van der Waals surface area (Å²) in [7, 11) is 2.27. The molecule has 0 bridgehead atoms. The number of rotatable bonds is 38. The summed E-state index contributed by atoms with van der Waals surface area (Å²) in [5.74, 6) is 0. The van der Waals surface area contributed by atoms with Gasteiger partial charge in [-0.25, -0.2) is 0 Å². The maximum atomic E-state index is 2.61. The van der Waals surface area contributed by atoms with Crippen LogP contribution < -0.4 is 24.5 Å². The molecule has 0 amide bonds. The molecule has 4 aliphatic rings. The Balaban J connectivity index is 0.000000314. The van der Waals surface area contributed by atoms with Gasteiger partial charge in [-0.2, -0.15) is 0 Å². The fourth-order valence-corrected chi connectivity index (χ4v) is 22.8. The van der Waals surface area contributed by atoms with Crippen LogP contribution >= 0.6 is 0 Å². The Morgan fingerprint density at radius 1 is 0.194 bits per heavy atom. The van der Waals surface area contributed by atoms with E-state index >= 15 is 0 Å². The van der Waals surface area contributed by atoms with Gasteiger partial charge in [0.2, 0.25) is 0 Å². The van der Waals surface area contributed by atoms with E-state index in [1.807, 2.05) is 0 Å². The van der Waals surface area contributed by atoms with Gasteiger partial charge in [-0.3, -0.25) is 0 Å². The summed E-state index contributed by atoms with van der Waals surface area (Å²) in [5.41, 5.74) is 45.0. The quantitative estimate of drug-likeness (QED) is 0.0358. The molecule has 0 radical (unpaired) electrons. The topological polar surface area (TPSA) is 16.2 Å². The predicted molar refractivity (Wildman–Crippen MR) is 601 cm³/mol. The standard InChI is InChI=1S/C101H106N4.C33H27N.3H2/c1-6-10-14-30-65-100(66-31-15-11-7-2)96-71-88(102(5)87-44-34-35-78(70-87)80-48-46-77-45-47-79(77)69-80)57-61-92(96)93-63-59-90(73-97(93)100)104(83-40-26-20-27-41-83)85-53-49-75(50-54-85)76-51-55-86(56-52-76)105(84-42-28-21-29-43-84)91-60-64-95-94-62-58-89(103(81-36-22-18-23-37-81)82-38-24-19-25-39-82)72-98(94)101(99(95)74-91,67-32-16-12-8-3)68-33-17-13-9-4;1-24-10-12-25(13-11-24)26-18-20-32(21-19-26)34(31-7-3-2-4-8-31)33-9-5-6-28(23-33)30-17-15-27-14-16-29(27)22-30;;;/h18-29,34-44,46,48-64,69-74H,6-17,30-33,45,47,65-68H2,1-5H3;2-13,15,17-23H,14,16H2,1H3;3*1H. The fourth-order valence-electron chi connectivity index (χ4n) is 22.8. The van der Waals surface area contributed by atoms with Crippen molar-refractivity contribution >= 4 is 79.6 Å². The minimum atomic E-state index is -0.148. The number of hydrogen-bond donors (Lipinski definition) is 0. The molecule has 17 aromatic carbocycles. The van der Waals surface area contributed by atoms with Gasteiger partial charge in [-0.1, -0.05) is 373 Å².